The zero-order valence-corrected chi connectivity index (χ0v) is 13.6. The van der Waals surface area contributed by atoms with Gasteiger partial charge >= 0.3 is 6.03 Å². The monoisotopic (exact) mass is 308 g/mol. The maximum absolute atomic E-state index is 12.6. The fourth-order valence-corrected chi connectivity index (χ4v) is 2.70. The summed E-state index contributed by atoms with van der Waals surface area (Å²) in [4.78, 5) is 12.6. The lowest BCUT2D eigenvalue weighted by molar-refractivity contribution is 0.237. The van der Waals surface area contributed by atoms with Gasteiger partial charge in [-0.25, -0.2) is 4.79 Å². The molecule has 0 N–H and O–H groups in total. The first-order chi connectivity index (χ1) is 11.1. The second-order valence-corrected chi connectivity index (χ2v) is 5.91. The van der Waals surface area contributed by atoms with Crippen molar-refractivity contribution in [2.45, 2.75) is 33.1 Å². The zero-order chi connectivity index (χ0) is 16.4. The van der Waals surface area contributed by atoms with Crippen LogP contribution in [0, 0.1) is 6.92 Å². The topological polar surface area (TPSA) is 52.7 Å². The molecule has 0 saturated carbocycles. The highest BCUT2D eigenvalue weighted by atomic mass is 16.2. The van der Waals surface area contributed by atoms with Gasteiger partial charge < -0.3 is 0 Å². The zero-order valence-electron chi connectivity index (χ0n) is 13.6. The van der Waals surface area contributed by atoms with Gasteiger partial charge in [-0.3, -0.25) is 0 Å². The van der Waals surface area contributed by atoms with E-state index in [1.54, 1.807) is 18.5 Å². The molecule has 0 atom stereocenters. The molecule has 1 aromatic carbocycles. The van der Waals surface area contributed by atoms with Gasteiger partial charge in [0.05, 0.1) is 11.4 Å². The van der Waals surface area contributed by atoms with Crippen LogP contribution in [-0.2, 0) is 6.42 Å². The Morgan fingerprint density at radius 2 is 1.91 bits per heavy atom. The average molecular weight is 308 g/mol. The van der Waals surface area contributed by atoms with Gasteiger partial charge in [0.15, 0.2) is 0 Å². The van der Waals surface area contributed by atoms with E-state index < -0.39 is 0 Å². The molecule has 0 fully saturated rings. The Labute approximate surface area is 135 Å². The molecule has 0 radical (unpaired) electrons. The highest BCUT2D eigenvalue weighted by molar-refractivity contribution is 5.78. The number of benzene rings is 1. The summed E-state index contributed by atoms with van der Waals surface area (Å²) in [6, 6.07) is 11.7. The lowest BCUT2D eigenvalue weighted by Crippen LogP contribution is -2.22. The van der Waals surface area contributed by atoms with E-state index in [-0.39, 0.29) is 11.9 Å². The average Bonchev–Trinajstić information content (AvgIpc) is 3.17. The summed E-state index contributed by atoms with van der Waals surface area (Å²) in [5, 5.41) is 8.58. The molecule has 0 aliphatic carbocycles. The largest absolute Gasteiger partial charge is 0.369 e. The van der Waals surface area contributed by atoms with E-state index in [4.69, 9.17) is 0 Å². The molecule has 2 heterocycles. The molecule has 0 aliphatic rings. The Bertz CT molecular complexity index is 801. The second kappa shape index (κ2) is 6.20. The molecule has 3 aromatic rings. The molecule has 2 aromatic heterocycles. The number of aromatic nitrogens is 4. The van der Waals surface area contributed by atoms with Gasteiger partial charge in [-0.15, -0.1) is 0 Å². The van der Waals surface area contributed by atoms with Gasteiger partial charge in [0.1, 0.15) is 0 Å². The lowest BCUT2D eigenvalue weighted by atomic mass is 9.98. The van der Waals surface area contributed by atoms with E-state index in [0.29, 0.717) is 0 Å². The predicted molar refractivity (Wildman–Crippen MR) is 88.7 cm³/mol. The van der Waals surface area contributed by atoms with Crippen molar-refractivity contribution in [3.8, 4) is 0 Å². The lowest BCUT2D eigenvalue weighted by Gasteiger charge is -2.06. The number of hydrogen-bond acceptors (Lipinski definition) is 3. The van der Waals surface area contributed by atoms with Crippen LogP contribution in [0.3, 0.4) is 0 Å². The molecule has 0 aliphatic heterocycles. The van der Waals surface area contributed by atoms with Crippen LogP contribution >= 0.6 is 0 Å². The van der Waals surface area contributed by atoms with Gasteiger partial charge in [-0.1, -0.05) is 44.2 Å². The third-order valence-corrected chi connectivity index (χ3v) is 3.92. The van der Waals surface area contributed by atoms with E-state index in [2.05, 4.69) is 36.2 Å². The Morgan fingerprint density at radius 1 is 1.17 bits per heavy atom. The maximum Gasteiger partial charge on any atom is 0.369 e. The number of hydrogen-bond donors (Lipinski definition) is 0. The number of rotatable bonds is 3. The van der Waals surface area contributed by atoms with Gasteiger partial charge in [0.2, 0.25) is 0 Å². The van der Waals surface area contributed by atoms with E-state index in [9.17, 15) is 4.79 Å². The minimum atomic E-state index is -0.256. The molecule has 0 amide bonds. The Kier molecular flexibility index (Phi) is 4.10. The van der Waals surface area contributed by atoms with Crippen LogP contribution in [-0.4, -0.2) is 25.6 Å². The Hall–Kier alpha value is -2.69. The SMILES string of the molecule is Cc1c(Cc2ccccc2)c(C(C)C)nn1C(=O)n1cccn1. The van der Waals surface area contributed by atoms with Crippen molar-refractivity contribution < 1.29 is 4.79 Å². The molecule has 5 heteroatoms. The quantitative estimate of drug-likeness (QED) is 0.742. The molecule has 0 spiro atoms. The van der Waals surface area contributed by atoms with Gasteiger partial charge in [-0.2, -0.15) is 19.6 Å². The Balaban J connectivity index is 2.03. The van der Waals surface area contributed by atoms with E-state index in [1.807, 2.05) is 25.1 Å². The summed E-state index contributed by atoms with van der Waals surface area (Å²) >= 11 is 0. The summed E-state index contributed by atoms with van der Waals surface area (Å²) in [6.45, 7) is 6.14. The van der Waals surface area contributed by atoms with Crippen molar-refractivity contribution >= 4 is 6.03 Å². The van der Waals surface area contributed by atoms with Crippen LogP contribution in [0.5, 0.6) is 0 Å². The smallest absolute Gasteiger partial charge is 0.244 e. The van der Waals surface area contributed by atoms with E-state index in [1.165, 1.54) is 14.9 Å². The molecule has 5 nitrogen and oxygen atoms in total. The summed E-state index contributed by atoms with van der Waals surface area (Å²) < 4.78 is 2.76. The maximum atomic E-state index is 12.6. The minimum Gasteiger partial charge on any atom is -0.244 e. The van der Waals surface area contributed by atoms with E-state index >= 15 is 0 Å². The highest BCUT2D eigenvalue weighted by Gasteiger charge is 2.21. The van der Waals surface area contributed by atoms with Crippen molar-refractivity contribution in [1.82, 2.24) is 19.6 Å². The fourth-order valence-electron chi connectivity index (χ4n) is 2.70. The first kappa shape index (κ1) is 15.2. The van der Waals surface area contributed by atoms with Crippen molar-refractivity contribution in [1.29, 1.82) is 0 Å². The number of carbonyl (C=O) groups is 1. The van der Waals surface area contributed by atoms with Crippen LogP contribution in [0.4, 0.5) is 4.79 Å². The second-order valence-electron chi connectivity index (χ2n) is 5.91. The molecule has 0 saturated heterocycles. The molecule has 3 rings (SSSR count). The first-order valence-corrected chi connectivity index (χ1v) is 7.74. The molecule has 23 heavy (non-hydrogen) atoms. The van der Waals surface area contributed by atoms with Crippen molar-refractivity contribution in [3.63, 3.8) is 0 Å². The first-order valence-electron chi connectivity index (χ1n) is 7.74. The molecule has 118 valence electrons. The van der Waals surface area contributed by atoms with Crippen molar-refractivity contribution in [2.75, 3.05) is 0 Å². The van der Waals surface area contributed by atoms with Crippen LogP contribution in [0.2, 0.25) is 0 Å². The third kappa shape index (κ3) is 2.95. The summed E-state index contributed by atoms with van der Waals surface area (Å²) in [7, 11) is 0. The van der Waals surface area contributed by atoms with Gasteiger partial charge in [0.25, 0.3) is 0 Å². The van der Waals surface area contributed by atoms with Crippen LogP contribution in [0.25, 0.3) is 0 Å². The summed E-state index contributed by atoms with van der Waals surface area (Å²) in [6.07, 6.45) is 3.99. The molecular weight excluding hydrogens is 288 g/mol. The van der Waals surface area contributed by atoms with Crippen molar-refractivity contribution in [2.24, 2.45) is 0 Å². The van der Waals surface area contributed by atoms with Crippen LogP contribution in [0.1, 0.15) is 42.3 Å². The summed E-state index contributed by atoms with van der Waals surface area (Å²) in [5.41, 5.74) is 4.17. The minimum absolute atomic E-state index is 0.249. The van der Waals surface area contributed by atoms with Gasteiger partial charge in [0, 0.05) is 24.4 Å². The van der Waals surface area contributed by atoms with Gasteiger partial charge in [-0.05, 0) is 24.5 Å². The predicted octanol–water partition coefficient (Wildman–Crippen LogP) is 3.62. The molecule has 0 unspecified atom stereocenters. The molecular formula is C18H20N4O. The number of carbonyl (C=O) groups excluding carboxylic acids is 1. The third-order valence-electron chi connectivity index (χ3n) is 3.92. The van der Waals surface area contributed by atoms with E-state index in [0.717, 1.165) is 23.4 Å². The summed E-state index contributed by atoms with van der Waals surface area (Å²) in [5.74, 6) is 0.249. The Morgan fingerprint density at radius 3 is 2.52 bits per heavy atom. The highest BCUT2D eigenvalue weighted by Crippen LogP contribution is 2.24. The van der Waals surface area contributed by atoms with Crippen LogP contribution in [0.15, 0.2) is 48.8 Å². The molecule has 0 bridgehead atoms. The number of nitrogens with zero attached hydrogens (tertiary/aromatic N) is 4. The fraction of sp³-hybridized carbons (Fsp3) is 0.278. The standard InChI is InChI=1S/C18H20N4O/c1-13(2)17-16(12-15-8-5-4-6-9-15)14(3)22(20-17)18(23)21-11-7-10-19-21/h4-11,13H,12H2,1-3H3. The van der Waals surface area contributed by atoms with Crippen LogP contribution < -0.4 is 0 Å². The van der Waals surface area contributed by atoms with Crippen molar-refractivity contribution in [3.05, 3.63) is 71.3 Å². The normalized spacial score (nSPS) is 11.1.